The first-order valence-electron chi connectivity index (χ1n) is 5.28. The second-order valence-electron chi connectivity index (χ2n) is 5.83. The van der Waals surface area contributed by atoms with E-state index < -0.39 is 5.41 Å². The fourth-order valence-corrected chi connectivity index (χ4v) is 1.85. The van der Waals surface area contributed by atoms with Crippen LogP contribution in [0.2, 0.25) is 0 Å². The monoisotopic (exact) mass is 198 g/mol. The van der Waals surface area contributed by atoms with Crippen molar-refractivity contribution in [3.8, 4) is 0 Å². The van der Waals surface area contributed by atoms with Crippen LogP contribution in [0.1, 0.15) is 40.5 Å². The molecule has 3 N–H and O–H groups in total. The normalized spacial score (nSPS) is 21.5. The largest absolute Gasteiger partial charge is 0.353 e. The van der Waals surface area contributed by atoms with Crippen LogP contribution in [0.5, 0.6) is 0 Å². The summed E-state index contributed by atoms with van der Waals surface area (Å²) in [5.41, 5.74) is 5.51. The zero-order chi connectivity index (χ0) is 11.0. The van der Waals surface area contributed by atoms with E-state index in [-0.39, 0.29) is 5.91 Å². The molecular formula is C11H22N2O. The average molecular weight is 198 g/mol. The van der Waals surface area contributed by atoms with Gasteiger partial charge in [-0.05, 0) is 32.1 Å². The van der Waals surface area contributed by atoms with Crippen LogP contribution in [0.25, 0.3) is 0 Å². The Hall–Kier alpha value is -0.570. The minimum atomic E-state index is -0.431. The van der Waals surface area contributed by atoms with Crippen molar-refractivity contribution in [3.63, 3.8) is 0 Å². The molecule has 1 aliphatic rings. The molecule has 0 aromatic heterocycles. The van der Waals surface area contributed by atoms with Crippen LogP contribution in [0.15, 0.2) is 0 Å². The highest BCUT2D eigenvalue weighted by Crippen LogP contribution is 2.40. The quantitative estimate of drug-likeness (QED) is 0.717. The lowest BCUT2D eigenvalue weighted by molar-refractivity contribution is -0.131. The van der Waals surface area contributed by atoms with E-state index in [9.17, 15) is 4.79 Å². The molecule has 0 radical (unpaired) electrons. The summed E-state index contributed by atoms with van der Waals surface area (Å²) < 4.78 is 0. The summed E-state index contributed by atoms with van der Waals surface area (Å²) in [6.45, 7) is 8.61. The summed E-state index contributed by atoms with van der Waals surface area (Å²) in [5.74, 6) is 0.0838. The fourth-order valence-electron chi connectivity index (χ4n) is 1.85. The molecule has 0 spiro atoms. The molecule has 1 rings (SSSR count). The molecule has 0 bridgehead atoms. The van der Waals surface area contributed by atoms with E-state index in [1.165, 1.54) is 0 Å². The van der Waals surface area contributed by atoms with Gasteiger partial charge < -0.3 is 11.1 Å². The van der Waals surface area contributed by atoms with Crippen molar-refractivity contribution >= 4 is 5.91 Å². The van der Waals surface area contributed by atoms with Crippen molar-refractivity contribution < 1.29 is 4.79 Å². The Morgan fingerprint density at radius 1 is 1.50 bits per heavy atom. The van der Waals surface area contributed by atoms with Gasteiger partial charge in [0.05, 0.1) is 5.41 Å². The summed E-state index contributed by atoms with van der Waals surface area (Å²) >= 11 is 0. The molecule has 1 fully saturated rings. The van der Waals surface area contributed by atoms with Crippen LogP contribution in [-0.4, -0.2) is 18.5 Å². The van der Waals surface area contributed by atoms with E-state index in [2.05, 4.69) is 19.2 Å². The van der Waals surface area contributed by atoms with E-state index in [1.807, 2.05) is 13.8 Å². The molecule has 0 atom stereocenters. The Labute approximate surface area is 86.4 Å². The minimum Gasteiger partial charge on any atom is -0.353 e. The highest BCUT2D eigenvalue weighted by molar-refractivity contribution is 5.82. The van der Waals surface area contributed by atoms with Crippen molar-refractivity contribution in [2.24, 2.45) is 16.6 Å². The van der Waals surface area contributed by atoms with Crippen LogP contribution >= 0.6 is 0 Å². The number of rotatable bonds is 3. The molecular weight excluding hydrogens is 176 g/mol. The van der Waals surface area contributed by atoms with Gasteiger partial charge in [-0.2, -0.15) is 0 Å². The number of amides is 1. The number of nitrogens with two attached hydrogens (primary N) is 1. The first-order chi connectivity index (χ1) is 6.27. The third-order valence-corrected chi connectivity index (χ3v) is 3.06. The van der Waals surface area contributed by atoms with Gasteiger partial charge in [-0.15, -0.1) is 0 Å². The highest BCUT2D eigenvalue weighted by Gasteiger charge is 2.38. The molecule has 3 nitrogen and oxygen atoms in total. The maximum absolute atomic E-state index is 11.7. The van der Waals surface area contributed by atoms with Crippen molar-refractivity contribution in [2.45, 2.75) is 46.6 Å². The molecule has 14 heavy (non-hydrogen) atoms. The first-order valence-corrected chi connectivity index (χ1v) is 5.28. The van der Waals surface area contributed by atoms with Crippen molar-refractivity contribution in [1.29, 1.82) is 0 Å². The lowest BCUT2D eigenvalue weighted by atomic mass is 9.68. The molecule has 1 amide bonds. The van der Waals surface area contributed by atoms with E-state index >= 15 is 0 Å². The molecule has 1 saturated carbocycles. The van der Waals surface area contributed by atoms with Crippen molar-refractivity contribution in [1.82, 2.24) is 5.32 Å². The predicted octanol–water partition coefficient (Wildman–Crippen LogP) is 1.28. The van der Waals surface area contributed by atoms with Gasteiger partial charge in [-0.1, -0.05) is 13.8 Å². The first kappa shape index (κ1) is 11.5. The van der Waals surface area contributed by atoms with Crippen LogP contribution in [0, 0.1) is 10.8 Å². The Kier molecular flexibility index (Phi) is 2.91. The SMILES string of the molecule is CC1(C)CC(NC(=O)C(C)(C)CN)C1. The average Bonchev–Trinajstić information content (AvgIpc) is 2.01. The summed E-state index contributed by atoms with van der Waals surface area (Å²) in [6, 6.07) is 0.364. The van der Waals surface area contributed by atoms with Gasteiger partial charge in [0.15, 0.2) is 0 Å². The minimum absolute atomic E-state index is 0.0838. The molecule has 82 valence electrons. The molecule has 0 aromatic rings. The zero-order valence-electron chi connectivity index (χ0n) is 9.68. The van der Waals surface area contributed by atoms with Crippen LogP contribution in [0.4, 0.5) is 0 Å². The van der Waals surface area contributed by atoms with Crippen molar-refractivity contribution in [3.05, 3.63) is 0 Å². The third-order valence-electron chi connectivity index (χ3n) is 3.06. The van der Waals surface area contributed by atoms with Crippen LogP contribution < -0.4 is 11.1 Å². The Morgan fingerprint density at radius 2 is 2.00 bits per heavy atom. The standard InChI is InChI=1S/C11H22N2O/c1-10(2)5-8(6-10)13-9(14)11(3,4)7-12/h8H,5-7,12H2,1-4H3,(H,13,14). The molecule has 0 aromatic carbocycles. The predicted molar refractivity (Wildman–Crippen MR) is 57.8 cm³/mol. The molecule has 0 aliphatic heterocycles. The highest BCUT2D eigenvalue weighted by atomic mass is 16.2. The van der Waals surface area contributed by atoms with E-state index in [1.54, 1.807) is 0 Å². The smallest absolute Gasteiger partial charge is 0.227 e. The van der Waals surface area contributed by atoms with Gasteiger partial charge >= 0.3 is 0 Å². The van der Waals surface area contributed by atoms with Crippen molar-refractivity contribution in [2.75, 3.05) is 6.54 Å². The maximum atomic E-state index is 11.7. The van der Waals surface area contributed by atoms with E-state index in [0.717, 1.165) is 12.8 Å². The molecule has 0 saturated heterocycles. The van der Waals surface area contributed by atoms with Gasteiger partial charge in [0, 0.05) is 12.6 Å². The van der Waals surface area contributed by atoms with E-state index in [0.29, 0.717) is 18.0 Å². The molecule has 3 heteroatoms. The molecule has 1 aliphatic carbocycles. The topological polar surface area (TPSA) is 55.1 Å². The van der Waals surface area contributed by atoms with Gasteiger partial charge in [0.1, 0.15) is 0 Å². The molecule has 0 heterocycles. The zero-order valence-corrected chi connectivity index (χ0v) is 9.68. The van der Waals surface area contributed by atoms with Gasteiger partial charge in [-0.25, -0.2) is 0 Å². The summed E-state index contributed by atoms with van der Waals surface area (Å²) in [7, 11) is 0. The fraction of sp³-hybridized carbons (Fsp3) is 0.909. The van der Waals surface area contributed by atoms with Gasteiger partial charge in [-0.3, -0.25) is 4.79 Å². The van der Waals surface area contributed by atoms with Crippen LogP contribution in [0.3, 0.4) is 0 Å². The van der Waals surface area contributed by atoms with Crippen LogP contribution in [-0.2, 0) is 4.79 Å². The number of hydrogen-bond acceptors (Lipinski definition) is 2. The summed E-state index contributed by atoms with van der Waals surface area (Å²) in [4.78, 5) is 11.7. The lowest BCUT2D eigenvalue weighted by Crippen LogP contribution is -2.52. The lowest BCUT2D eigenvalue weighted by Gasteiger charge is -2.43. The number of carbonyl (C=O) groups excluding carboxylic acids is 1. The Balaban J connectivity index is 2.37. The second kappa shape index (κ2) is 3.54. The number of hydrogen-bond donors (Lipinski definition) is 2. The second-order valence-corrected chi connectivity index (χ2v) is 5.83. The third kappa shape index (κ3) is 2.47. The number of carbonyl (C=O) groups is 1. The Morgan fingerprint density at radius 3 is 2.36 bits per heavy atom. The number of nitrogens with one attached hydrogen (secondary N) is 1. The van der Waals surface area contributed by atoms with Gasteiger partial charge in [0.25, 0.3) is 0 Å². The Bertz CT molecular complexity index is 225. The summed E-state index contributed by atoms with van der Waals surface area (Å²) in [6.07, 6.45) is 2.17. The van der Waals surface area contributed by atoms with Gasteiger partial charge in [0.2, 0.25) is 5.91 Å². The van der Waals surface area contributed by atoms with E-state index in [4.69, 9.17) is 5.73 Å². The maximum Gasteiger partial charge on any atom is 0.227 e. The molecule has 0 unspecified atom stereocenters. The summed E-state index contributed by atoms with van der Waals surface area (Å²) in [5, 5.41) is 3.04.